The first-order valence-electron chi connectivity index (χ1n) is 8.29. The van der Waals surface area contributed by atoms with Crippen LogP contribution in [-0.2, 0) is 15.8 Å². The van der Waals surface area contributed by atoms with E-state index in [0.29, 0.717) is 18.1 Å². The lowest BCUT2D eigenvalue weighted by atomic mass is 10.0. The molecule has 6 heteroatoms. The van der Waals surface area contributed by atoms with Crippen molar-refractivity contribution < 1.29 is 9.00 Å². The van der Waals surface area contributed by atoms with Gasteiger partial charge in [0.1, 0.15) is 4.08 Å². The Labute approximate surface area is 146 Å². The minimum Gasteiger partial charge on any atom is -0.297 e. The summed E-state index contributed by atoms with van der Waals surface area (Å²) >= 11 is 3.57. The van der Waals surface area contributed by atoms with Gasteiger partial charge in [-0.3, -0.25) is 4.79 Å². The fourth-order valence-electron chi connectivity index (χ4n) is 2.63. The lowest BCUT2D eigenvalue weighted by Gasteiger charge is -2.36. The van der Waals surface area contributed by atoms with Crippen LogP contribution >= 0.6 is 23.5 Å². The summed E-state index contributed by atoms with van der Waals surface area (Å²) in [5.74, 6) is 3.02. The second kappa shape index (κ2) is 7.58. The van der Waals surface area contributed by atoms with Crippen LogP contribution in [0.3, 0.4) is 0 Å². The molecule has 1 heterocycles. The van der Waals surface area contributed by atoms with Gasteiger partial charge in [-0.1, -0.05) is 13.3 Å². The molecule has 1 N–H and O–H groups in total. The average Bonchev–Trinajstić information content (AvgIpc) is 3.10. The second-order valence-electron chi connectivity index (χ2n) is 7.28. The molecule has 0 aromatic carbocycles. The Morgan fingerprint density at radius 2 is 1.91 bits per heavy atom. The van der Waals surface area contributed by atoms with E-state index in [4.69, 9.17) is 0 Å². The number of Topliss-reactive ketones (excluding diaryl/α,β-unsaturated/α-hetero) is 1. The van der Waals surface area contributed by atoms with E-state index < -0.39 is 15.1 Å². The zero-order valence-corrected chi connectivity index (χ0v) is 16.6. The highest BCUT2D eigenvalue weighted by Crippen LogP contribution is 2.50. The van der Waals surface area contributed by atoms with Crippen LogP contribution in [0.25, 0.3) is 0 Å². The molecule has 1 aliphatic carbocycles. The highest BCUT2D eigenvalue weighted by molar-refractivity contribution is 8.22. The molecule has 1 aliphatic heterocycles. The number of ketones is 1. The summed E-state index contributed by atoms with van der Waals surface area (Å²) in [6.45, 7) is 8.07. The van der Waals surface area contributed by atoms with Crippen molar-refractivity contribution in [1.29, 1.82) is 0 Å². The predicted molar refractivity (Wildman–Crippen MR) is 99.7 cm³/mol. The third kappa shape index (κ3) is 4.52. The van der Waals surface area contributed by atoms with E-state index in [0.717, 1.165) is 24.3 Å². The van der Waals surface area contributed by atoms with Crippen molar-refractivity contribution in [2.75, 3.05) is 11.5 Å². The predicted octanol–water partition coefficient (Wildman–Crippen LogP) is 3.75. The molecule has 2 unspecified atom stereocenters. The van der Waals surface area contributed by atoms with Crippen molar-refractivity contribution in [3.8, 4) is 0 Å². The zero-order valence-electron chi connectivity index (χ0n) is 14.1. The van der Waals surface area contributed by atoms with Gasteiger partial charge in [0.25, 0.3) is 0 Å². The second-order valence-corrected chi connectivity index (χ2v) is 12.2. The van der Waals surface area contributed by atoms with Gasteiger partial charge < -0.3 is 0 Å². The quantitative estimate of drug-likeness (QED) is 0.713. The van der Waals surface area contributed by atoms with Crippen molar-refractivity contribution in [3.05, 3.63) is 0 Å². The molecule has 0 radical (unpaired) electrons. The van der Waals surface area contributed by atoms with Gasteiger partial charge >= 0.3 is 0 Å². The molecule has 2 fully saturated rings. The molecular formula is C16H29NO2S3. The fourth-order valence-corrected chi connectivity index (χ4v) is 7.04. The standard InChI is InChI=1S/C16H29NO2S3/c1-5-6-13(17-22(19)15(2,3)4)16(20-9-10-21-16)14(18)11-12-7-8-12/h12-13,17H,5-11H2,1-4H3. The first kappa shape index (κ1) is 18.8. The maximum atomic E-state index is 13.0. The van der Waals surface area contributed by atoms with Gasteiger partial charge in [-0.15, -0.1) is 23.5 Å². The van der Waals surface area contributed by atoms with Gasteiger partial charge in [0.05, 0.1) is 21.8 Å². The van der Waals surface area contributed by atoms with Crippen LogP contribution in [0.4, 0.5) is 0 Å². The molecule has 1 saturated carbocycles. The van der Waals surface area contributed by atoms with E-state index in [1.54, 1.807) is 23.5 Å². The van der Waals surface area contributed by atoms with Gasteiger partial charge in [0, 0.05) is 17.9 Å². The van der Waals surface area contributed by atoms with Crippen molar-refractivity contribution >= 4 is 40.3 Å². The third-order valence-electron chi connectivity index (χ3n) is 4.12. The number of rotatable bonds is 8. The number of carbonyl (C=O) groups is 1. The summed E-state index contributed by atoms with van der Waals surface area (Å²) in [5.41, 5.74) is 0. The molecule has 3 nitrogen and oxygen atoms in total. The first-order valence-corrected chi connectivity index (χ1v) is 11.4. The third-order valence-corrected chi connectivity index (χ3v) is 9.39. The normalized spacial score (nSPS) is 24.2. The molecule has 2 rings (SSSR count). The minimum atomic E-state index is -1.13. The molecule has 0 spiro atoms. The number of hydrogen-bond acceptors (Lipinski definition) is 4. The Morgan fingerprint density at radius 1 is 1.32 bits per heavy atom. The molecule has 0 amide bonds. The van der Waals surface area contributed by atoms with Crippen LogP contribution < -0.4 is 4.72 Å². The van der Waals surface area contributed by atoms with E-state index >= 15 is 0 Å². The lowest BCUT2D eigenvalue weighted by molar-refractivity contribution is -0.120. The summed E-state index contributed by atoms with van der Waals surface area (Å²) in [5, 5.41) is 0. The molecule has 2 aliphatic rings. The van der Waals surface area contributed by atoms with Crippen LogP contribution in [0.15, 0.2) is 0 Å². The summed E-state index contributed by atoms with van der Waals surface area (Å²) in [4.78, 5) is 13.0. The summed E-state index contributed by atoms with van der Waals surface area (Å²) in [6, 6.07) is 0.00121. The highest BCUT2D eigenvalue weighted by atomic mass is 32.2. The lowest BCUT2D eigenvalue weighted by Crippen LogP contribution is -2.53. The van der Waals surface area contributed by atoms with Crippen molar-refractivity contribution in [1.82, 2.24) is 4.72 Å². The molecular weight excluding hydrogens is 334 g/mol. The first-order chi connectivity index (χ1) is 10.3. The Balaban J connectivity index is 2.17. The van der Waals surface area contributed by atoms with Crippen molar-refractivity contribution in [2.45, 2.75) is 74.7 Å². The molecule has 0 bridgehead atoms. The van der Waals surface area contributed by atoms with Crippen molar-refractivity contribution in [3.63, 3.8) is 0 Å². The number of hydrogen-bond donors (Lipinski definition) is 1. The minimum absolute atomic E-state index is 0.00121. The molecule has 2 atom stereocenters. The van der Waals surface area contributed by atoms with Crippen LogP contribution in [0.1, 0.15) is 59.8 Å². The SMILES string of the molecule is CCCC(NS(=O)C(C)(C)C)C1(C(=O)CC2CC2)SCCS1. The van der Waals surface area contributed by atoms with Crippen LogP contribution in [-0.4, -0.2) is 36.4 Å². The smallest absolute Gasteiger partial charge is 0.160 e. The van der Waals surface area contributed by atoms with Gasteiger partial charge in [-0.25, -0.2) is 8.93 Å². The van der Waals surface area contributed by atoms with E-state index in [1.165, 1.54) is 12.8 Å². The van der Waals surface area contributed by atoms with Crippen LogP contribution in [0.5, 0.6) is 0 Å². The average molecular weight is 364 g/mol. The maximum absolute atomic E-state index is 13.0. The Bertz CT molecular complexity index is 424. The van der Waals surface area contributed by atoms with E-state index in [-0.39, 0.29) is 10.8 Å². The zero-order chi connectivity index (χ0) is 16.4. The van der Waals surface area contributed by atoms with Crippen molar-refractivity contribution in [2.24, 2.45) is 5.92 Å². The molecule has 22 heavy (non-hydrogen) atoms. The summed E-state index contributed by atoms with van der Waals surface area (Å²) < 4.78 is 15.2. The topological polar surface area (TPSA) is 46.2 Å². The van der Waals surface area contributed by atoms with E-state index in [1.807, 2.05) is 20.8 Å². The van der Waals surface area contributed by atoms with Crippen LogP contribution in [0, 0.1) is 5.92 Å². The van der Waals surface area contributed by atoms with Gasteiger partial charge in [0.2, 0.25) is 0 Å². The van der Waals surface area contributed by atoms with Gasteiger partial charge in [0.15, 0.2) is 5.78 Å². The molecule has 128 valence electrons. The fraction of sp³-hybridized carbons (Fsp3) is 0.938. The van der Waals surface area contributed by atoms with Crippen LogP contribution in [0.2, 0.25) is 0 Å². The Hall–Kier alpha value is 0.480. The summed E-state index contributed by atoms with van der Waals surface area (Å²) in [7, 11) is -1.13. The van der Waals surface area contributed by atoms with Gasteiger partial charge in [-0.05, 0) is 46.0 Å². The number of carbonyl (C=O) groups excluding carboxylic acids is 1. The summed E-state index contributed by atoms with van der Waals surface area (Å²) in [6.07, 6.45) is 5.02. The Morgan fingerprint density at radius 3 is 2.36 bits per heavy atom. The monoisotopic (exact) mass is 363 g/mol. The largest absolute Gasteiger partial charge is 0.297 e. The maximum Gasteiger partial charge on any atom is 0.160 e. The van der Waals surface area contributed by atoms with Gasteiger partial charge in [-0.2, -0.15) is 0 Å². The number of nitrogens with one attached hydrogen (secondary N) is 1. The Kier molecular flexibility index (Phi) is 6.48. The molecule has 0 aromatic heterocycles. The number of thioether (sulfide) groups is 2. The highest BCUT2D eigenvalue weighted by Gasteiger charge is 2.50. The molecule has 0 aromatic rings. The van der Waals surface area contributed by atoms with E-state index in [9.17, 15) is 9.00 Å². The van der Waals surface area contributed by atoms with E-state index in [2.05, 4.69) is 11.6 Å². The molecule has 1 saturated heterocycles.